The Kier molecular flexibility index (Phi) is 4.06. The van der Waals surface area contributed by atoms with Crippen LogP contribution in [-0.4, -0.2) is 4.98 Å². The van der Waals surface area contributed by atoms with E-state index in [1.807, 2.05) is 18.2 Å². The molecule has 1 aromatic carbocycles. The van der Waals surface area contributed by atoms with Crippen LogP contribution in [0.5, 0.6) is 11.6 Å². The molecule has 1 heterocycles. The van der Waals surface area contributed by atoms with Crippen LogP contribution in [0.1, 0.15) is 0 Å². The number of rotatable bonds is 2. The van der Waals surface area contributed by atoms with Gasteiger partial charge in [0.1, 0.15) is 0 Å². The second-order valence-electron chi connectivity index (χ2n) is 3.20. The largest absolute Gasteiger partial charge is 0.435 e. The highest BCUT2D eigenvalue weighted by Crippen LogP contribution is 2.37. The number of nitrogens with zero attached hydrogens (tertiary/aromatic N) is 1. The SMILES string of the molecule is Nc1cccc(Br)c1Oc1ncc(Br)cc1Br. The molecule has 0 atom stereocenters. The van der Waals surface area contributed by atoms with Crippen LogP contribution in [-0.2, 0) is 0 Å². The van der Waals surface area contributed by atoms with E-state index in [2.05, 4.69) is 52.8 Å². The van der Waals surface area contributed by atoms with E-state index in [1.54, 1.807) is 12.3 Å². The molecule has 0 fully saturated rings. The molecule has 0 aliphatic heterocycles. The van der Waals surface area contributed by atoms with Crippen molar-refractivity contribution in [1.29, 1.82) is 0 Å². The van der Waals surface area contributed by atoms with Crippen molar-refractivity contribution in [3.63, 3.8) is 0 Å². The van der Waals surface area contributed by atoms with E-state index in [4.69, 9.17) is 10.5 Å². The van der Waals surface area contributed by atoms with Crippen LogP contribution < -0.4 is 10.5 Å². The summed E-state index contributed by atoms with van der Waals surface area (Å²) in [6.07, 6.45) is 1.66. The van der Waals surface area contributed by atoms with Crippen molar-refractivity contribution in [3.05, 3.63) is 43.9 Å². The van der Waals surface area contributed by atoms with Crippen molar-refractivity contribution in [2.75, 3.05) is 5.73 Å². The zero-order valence-electron chi connectivity index (χ0n) is 8.45. The Balaban J connectivity index is 2.38. The first-order chi connectivity index (χ1) is 8.08. The number of anilines is 1. The number of ether oxygens (including phenoxy) is 1. The fourth-order valence-electron chi connectivity index (χ4n) is 1.21. The number of halogens is 3. The molecule has 1 aromatic heterocycles. The van der Waals surface area contributed by atoms with Crippen molar-refractivity contribution >= 4 is 53.5 Å². The third-order valence-electron chi connectivity index (χ3n) is 1.97. The summed E-state index contributed by atoms with van der Waals surface area (Å²) < 4.78 is 8.09. The molecule has 0 amide bonds. The summed E-state index contributed by atoms with van der Waals surface area (Å²) in [5.74, 6) is 1.02. The van der Waals surface area contributed by atoms with Crippen molar-refractivity contribution in [2.24, 2.45) is 0 Å². The maximum atomic E-state index is 5.84. The van der Waals surface area contributed by atoms with Gasteiger partial charge in [0.2, 0.25) is 5.88 Å². The van der Waals surface area contributed by atoms with Crippen molar-refractivity contribution < 1.29 is 4.74 Å². The molecule has 17 heavy (non-hydrogen) atoms. The summed E-state index contributed by atoms with van der Waals surface area (Å²) in [5, 5.41) is 0. The molecule has 3 nitrogen and oxygen atoms in total. The molecule has 2 aromatic rings. The van der Waals surface area contributed by atoms with Crippen molar-refractivity contribution in [1.82, 2.24) is 4.98 Å². The first-order valence-corrected chi connectivity index (χ1v) is 6.98. The normalized spacial score (nSPS) is 10.3. The van der Waals surface area contributed by atoms with Crippen molar-refractivity contribution in [3.8, 4) is 11.6 Å². The van der Waals surface area contributed by atoms with Crippen LogP contribution in [0.25, 0.3) is 0 Å². The molecule has 0 saturated heterocycles. The summed E-state index contributed by atoms with van der Waals surface area (Å²) in [4.78, 5) is 4.16. The minimum Gasteiger partial charge on any atom is -0.435 e. The van der Waals surface area contributed by atoms with Crippen molar-refractivity contribution in [2.45, 2.75) is 0 Å². The molecule has 0 unspecified atom stereocenters. The molecule has 2 N–H and O–H groups in total. The molecule has 0 aliphatic rings. The van der Waals surface area contributed by atoms with Gasteiger partial charge in [-0.05, 0) is 66.0 Å². The summed E-state index contributed by atoms with van der Waals surface area (Å²) in [7, 11) is 0. The van der Waals surface area contributed by atoms with Gasteiger partial charge in [0, 0.05) is 10.7 Å². The number of para-hydroxylation sites is 1. The van der Waals surface area contributed by atoms with Gasteiger partial charge >= 0.3 is 0 Å². The average molecular weight is 423 g/mol. The quantitative estimate of drug-likeness (QED) is 0.711. The monoisotopic (exact) mass is 420 g/mol. The van der Waals surface area contributed by atoms with Crippen LogP contribution in [0.4, 0.5) is 5.69 Å². The number of nitrogens with two attached hydrogens (primary N) is 1. The second-order valence-corrected chi connectivity index (χ2v) is 5.83. The Morgan fingerprint density at radius 2 is 1.88 bits per heavy atom. The van der Waals surface area contributed by atoms with Crippen LogP contribution >= 0.6 is 47.8 Å². The maximum Gasteiger partial charge on any atom is 0.233 e. The Morgan fingerprint density at radius 1 is 1.12 bits per heavy atom. The zero-order valence-corrected chi connectivity index (χ0v) is 13.2. The van der Waals surface area contributed by atoms with E-state index >= 15 is 0 Å². The standard InChI is InChI=1S/C11H7Br3N2O/c12-6-4-8(14)11(16-5-6)17-10-7(13)2-1-3-9(10)15/h1-5H,15H2. The molecule has 0 aliphatic carbocycles. The Morgan fingerprint density at radius 3 is 2.53 bits per heavy atom. The number of aromatic nitrogens is 1. The van der Waals surface area contributed by atoms with Gasteiger partial charge in [-0.3, -0.25) is 0 Å². The average Bonchev–Trinajstić information content (AvgIpc) is 2.26. The summed E-state index contributed by atoms with van der Waals surface area (Å²) in [5.41, 5.74) is 6.39. The fraction of sp³-hybridized carbons (Fsp3) is 0. The number of pyridine rings is 1. The Hall–Kier alpha value is -0.590. The first kappa shape index (κ1) is 12.9. The van der Waals surface area contributed by atoms with Crippen LogP contribution in [0.15, 0.2) is 43.9 Å². The molecule has 0 bridgehead atoms. The summed E-state index contributed by atoms with van der Waals surface area (Å²) in [6, 6.07) is 7.33. The summed E-state index contributed by atoms with van der Waals surface area (Å²) in [6.45, 7) is 0. The number of nitrogen functional groups attached to an aromatic ring is 1. The lowest BCUT2D eigenvalue weighted by atomic mass is 10.3. The highest BCUT2D eigenvalue weighted by atomic mass is 79.9. The lowest BCUT2D eigenvalue weighted by Crippen LogP contribution is -1.95. The Bertz CT molecular complexity index is 540. The van der Waals surface area contributed by atoms with Gasteiger partial charge in [-0.2, -0.15) is 0 Å². The number of hydrogen-bond donors (Lipinski definition) is 1. The Labute approximate surface area is 124 Å². The first-order valence-electron chi connectivity index (χ1n) is 4.61. The topological polar surface area (TPSA) is 48.1 Å². The lowest BCUT2D eigenvalue weighted by molar-refractivity contribution is 0.459. The lowest BCUT2D eigenvalue weighted by Gasteiger charge is -2.10. The zero-order chi connectivity index (χ0) is 12.4. The van der Waals surface area contributed by atoms with E-state index in [1.165, 1.54) is 0 Å². The summed E-state index contributed by atoms with van der Waals surface area (Å²) >= 11 is 10.1. The fourth-order valence-corrected chi connectivity index (χ4v) is 2.74. The molecule has 0 saturated carbocycles. The smallest absolute Gasteiger partial charge is 0.233 e. The van der Waals surface area contributed by atoms with Gasteiger partial charge < -0.3 is 10.5 Å². The predicted octanol–water partition coefficient (Wildman–Crippen LogP) is 4.74. The highest BCUT2D eigenvalue weighted by molar-refractivity contribution is 9.11. The van der Waals surface area contributed by atoms with E-state index in [0.717, 1.165) is 13.4 Å². The van der Waals surface area contributed by atoms with Gasteiger partial charge in [-0.1, -0.05) is 6.07 Å². The molecule has 88 valence electrons. The number of benzene rings is 1. The molecular formula is C11H7Br3N2O. The van der Waals surface area contributed by atoms with Gasteiger partial charge in [0.05, 0.1) is 14.6 Å². The third-order valence-corrected chi connectivity index (χ3v) is 3.60. The van der Waals surface area contributed by atoms with Gasteiger partial charge in [0.15, 0.2) is 5.75 Å². The number of hydrogen-bond acceptors (Lipinski definition) is 3. The molecular weight excluding hydrogens is 416 g/mol. The molecule has 6 heteroatoms. The minimum atomic E-state index is 0.465. The van der Waals surface area contributed by atoms with Gasteiger partial charge in [-0.15, -0.1) is 0 Å². The maximum absolute atomic E-state index is 5.84. The van der Waals surface area contributed by atoms with Gasteiger partial charge in [-0.25, -0.2) is 4.98 Å². The second kappa shape index (κ2) is 5.37. The minimum absolute atomic E-state index is 0.465. The molecule has 2 rings (SSSR count). The molecule has 0 spiro atoms. The van der Waals surface area contributed by atoms with E-state index < -0.39 is 0 Å². The molecule has 0 radical (unpaired) electrons. The van der Waals surface area contributed by atoms with E-state index in [-0.39, 0.29) is 0 Å². The highest BCUT2D eigenvalue weighted by Gasteiger charge is 2.10. The van der Waals surface area contributed by atoms with Gasteiger partial charge in [0.25, 0.3) is 0 Å². The predicted molar refractivity (Wildman–Crippen MR) is 78.3 cm³/mol. The van der Waals surface area contributed by atoms with E-state index in [9.17, 15) is 0 Å². The third kappa shape index (κ3) is 3.00. The van der Waals surface area contributed by atoms with Crippen LogP contribution in [0, 0.1) is 0 Å². The van der Waals surface area contributed by atoms with Crippen LogP contribution in [0.3, 0.4) is 0 Å². The van der Waals surface area contributed by atoms with E-state index in [0.29, 0.717) is 17.3 Å². The van der Waals surface area contributed by atoms with Crippen LogP contribution in [0.2, 0.25) is 0 Å².